The van der Waals surface area contributed by atoms with Crippen LogP contribution in [0.3, 0.4) is 0 Å². The largest absolute Gasteiger partial charge is 0.416 e. The summed E-state index contributed by atoms with van der Waals surface area (Å²) in [5.41, 5.74) is 0.140. The summed E-state index contributed by atoms with van der Waals surface area (Å²) in [5.74, 6) is 0. The van der Waals surface area contributed by atoms with Gasteiger partial charge in [-0.25, -0.2) is 0 Å². The predicted molar refractivity (Wildman–Crippen MR) is 56.3 cm³/mol. The Balaban J connectivity index is 2.12. The monoisotopic (exact) mass is 228 g/mol. The summed E-state index contributed by atoms with van der Waals surface area (Å²) in [6.07, 6.45) is -0.849. The number of rotatable bonds is 1. The summed E-state index contributed by atoms with van der Waals surface area (Å²) < 4.78 is 37.0. The van der Waals surface area contributed by atoms with Crippen LogP contribution < -0.4 is 4.90 Å². The number of halogens is 3. The Morgan fingerprint density at radius 3 is 2.25 bits per heavy atom. The Morgan fingerprint density at radius 2 is 1.75 bits per heavy atom. The normalized spacial score (nSPS) is 17.6. The maximum Gasteiger partial charge on any atom is 0.416 e. The molecule has 0 amide bonds. The van der Waals surface area contributed by atoms with Gasteiger partial charge in [-0.05, 0) is 37.5 Å². The smallest absolute Gasteiger partial charge is 0.371 e. The first-order valence-electron chi connectivity index (χ1n) is 5.41. The fraction of sp³-hybridized carbons (Fsp3) is 0.500. The van der Waals surface area contributed by atoms with Gasteiger partial charge < -0.3 is 4.90 Å². The molecule has 1 aliphatic heterocycles. The fourth-order valence-electron chi connectivity index (χ4n) is 1.92. The molecule has 0 atom stereocenters. The highest BCUT2D eigenvalue weighted by molar-refractivity contribution is 5.47. The lowest BCUT2D eigenvalue weighted by atomic mass is 10.1. The number of nitrogens with zero attached hydrogens (tertiary/aromatic N) is 1. The summed E-state index contributed by atoms with van der Waals surface area (Å²) in [7, 11) is 0. The van der Waals surface area contributed by atoms with Gasteiger partial charge in [0, 0.05) is 24.8 Å². The molecule has 0 aliphatic carbocycles. The van der Waals surface area contributed by atoms with E-state index in [2.05, 4.69) is 11.0 Å². The van der Waals surface area contributed by atoms with Crippen LogP contribution in [0.2, 0.25) is 0 Å². The summed E-state index contributed by atoms with van der Waals surface area (Å²) >= 11 is 0. The van der Waals surface area contributed by atoms with Crippen molar-refractivity contribution in [3.63, 3.8) is 0 Å². The molecule has 0 unspecified atom stereocenters. The molecule has 0 spiro atoms. The molecule has 2 rings (SSSR count). The van der Waals surface area contributed by atoms with Gasteiger partial charge in [0.05, 0.1) is 5.56 Å². The first kappa shape index (κ1) is 11.3. The van der Waals surface area contributed by atoms with Gasteiger partial charge >= 0.3 is 6.18 Å². The van der Waals surface area contributed by atoms with Crippen LogP contribution in [-0.2, 0) is 6.18 Å². The number of benzene rings is 1. The van der Waals surface area contributed by atoms with Crippen molar-refractivity contribution in [3.05, 3.63) is 29.8 Å². The van der Waals surface area contributed by atoms with E-state index in [4.69, 9.17) is 0 Å². The minimum absolute atomic E-state index is 0.631. The molecule has 0 bridgehead atoms. The molecule has 1 nitrogen and oxygen atoms in total. The molecule has 0 N–H and O–H groups in total. The Labute approximate surface area is 92.9 Å². The summed E-state index contributed by atoms with van der Waals surface area (Å²) in [4.78, 5) is 2.09. The highest BCUT2D eigenvalue weighted by atomic mass is 19.4. The Kier molecular flexibility index (Phi) is 3.08. The van der Waals surface area contributed by atoms with Crippen molar-refractivity contribution in [2.75, 3.05) is 18.0 Å². The van der Waals surface area contributed by atoms with Crippen LogP contribution in [0.4, 0.5) is 18.9 Å². The second-order valence-electron chi connectivity index (χ2n) is 4.01. The molecule has 1 radical (unpaired) electrons. The number of hydrogen-bond acceptors (Lipinski definition) is 1. The SMILES string of the molecule is FC(F)(F)c1c[c]c(N2CCCCC2)cc1. The Hall–Kier alpha value is -1.19. The highest BCUT2D eigenvalue weighted by Gasteiger charge is 2.30. The van der Waals surface area contributed by atoms with E-state index < -0.39 is 11.7 Å². The third-order valence-electron chi connectivity index (χ3n) is 2.82. The van der Waals surface area contributed by atoms with Crippen molar-refractivity contribution < 1.29 is 13.2 Å². The zero-order valence-electron chi connectivity index (χ0n) is 8.85. The Morgan fingerprint density at radius 1 is 1.06 bits per heavy atom. The first-order valence-corrected chi connectivity index (χ1v) is 5.41. The van der Waals surface area contributed by atoms with Crippen molar-refractivity contribution in [1.29, 1.82) is 0 Å². The maximum atomic E-state index is 12.3. The van der Waals surface area contributed by atoms with Gasteiger partial charge in [0.1, 0.15) is 0 Å². The van der Waals surface area contributed by atoms with Gasteiger partial charge in [0.2, 0.25) is 0 Å². The molecular formula is C12H13F3N. The van der Waals surface area contributed by atoms with E-state index in [1.165, 1.54) is 12.5 Å². The van der Waals surface area contributed by atoms with E-state index in [1.54, 1.807) is 0 Å². The average molecular weight is 228 g/mol. The van der Waals surface area contributed by atoms with E-state index in [1.807, 2.05) is 0 Å². The van der Waals surface area contributed by atoms with E-state index in [-0.39, 0.29) is 0 Å². The van der Waals surface area contributed by atoms with Crippen molar-refractivity contribution in [2.24, 2.45) is 0 Å². The average Bonchev–Trinajstić information content (AvgIpc) is 2.29. The molecule has 16 heavy (non-hydrogen) atoms. The van der Waals surface area contributed by atoms with Crippen LogP contribution in [0, 0.1) is 6.07 Å². The zero-order chi connectivity index (χ0) is 11.6. The lowest BCUT2D eigenvalue weighted by molar-refractivity contribution is -0.137. The standard InChI is InChI=1S/C12H13F3N/c13-12(14,15)10-4-6-11(7-5-10)16-8-2-1-3-9-16/h4-6H,1-3,8-9H2. The van der Waals surface area contributed by atoms with Crippen LogP contribution in [-0.4, -0.2) is 13.1 Å². The lowest BCUT2D eigenvalue weighted by Crippen LogP contribution is -2.29. The van der Waals surface area contributed by atoms with Gasteiger partial charge in [-0.3, -0.25) is 0 Å². The van der Waals surface area contributed by atoms with Crippen LogP contribution in [0.15, 0.2) is 18.2 Å². The molecule has 4 heteroatoms. The van der Waals surface area contributed by atoms with E-state index in [0.29, 0.717) is 0 Å². The summed E-state index contributed by atoms with van der Waals surface area (Å²) in [6.45, 7) is 1.84. The fourth-order valence-corrected chi connectivity index (χ4v) is 1.92. The van der Waals surface area contributed by atoms with Crippen LogP contribution in [0.25, 0.3) is 0 Å². The number of piperidine rings is 1. The van der Waals surface area contributed by atoms with Gasteiger partial charge in [0.15, 0.2) is 0 Å². The molecule has 1 aliphatic rings. The van der Waals surface area contributed by atoms with Crippen LogP contribution in [0.5, 0.6) is 0 Å². The molecule has 1 saturated heterocycles. The van der Waals surface area contributed by atoms with Gasteiger partial charge in [-0.2, -0.15) is 13.2 Å². The molecular weight excluding hydrogens is 215 g/mol. The third-order valence-corrected chi connectivity index (χ3v) is 2.82. The predicted octanol–water partition coefficient (Wildman–Crippen LogP) is 3.50. The second kappa shape index (κ2) is 4.36. The van der Waals surface area contributed by atoms with Crippen molar-refractivity contribution in [3.8, 4) is 0 Å². The quantitative estimate of drug-likeness (QED) is 0.711. The molecule has 1 aromatic rings. The Bertz CT molecular complexity index is 336. The van der Waals surface area contributed by atoms with E-state index >= 15 is 0 Å². The lowest BCUT2D eigenvalue weighted by Gasteiger charge is -2.28. The van der Waals surface area contributed by atoms with Crippen molar-refractivity contribution in [2.45, 2.75) is 25.4 Å². The summed E-state index contributed by atoms with van der Waals surface area (Å²) in [6, 6.07) is 6.38. The van der Waals surface area contributed by atoms with Crippen LogP contribution >= 0.6 is 0 Å². The molecule has 1 aromatic carbocycles. The van der Waals surface area contributed by atoms with E-state index in [0.717, 1.165) is 43.8 Å². The minimum atomic E-state index is -4.27. The second-order valence-corrected chi connectivity index (χ2v) is 4.01. The highest BCUT2D eigenvalue weighted by Crippen LogP contribution is 2.30. The van der Waals surface area contributed by atoms with E-state index in [9.17, 15) is 13.2 Å². The zero-order valence-corrected chi connectivity index (χ0v) is 8.85. The molecule has 0 aromatic heterocycles. The molecule has 1 heterocycles. The molecule has 1 fully saturated rings. The number of alkyl halides is 3. The minimum Gasteiger partial charge on any atom is -0.371 e. The summed E-state index contributed by atoms with van der Waals surface area (Å²) in [5, 5.41) is 0. The van der Waals surface area contributed by atoms with Crippen LogP contribution in [0.1, 0.15) is 24.8 Å². The first-order chi connectivity index (χ1) is 7.57. The topological polar surface area (TPSA) is 3.24 Å². The van der Waals surface area contributed by atoms with Gasteiger partial charge in [0.25, 0.3) is 0 Å². The third kappa shape index (κ3) is 2.49. The molecule has 87 valence electrons. The number of hydrogen-bond donors (Lipinski definition) is 0. The molecule has 0 saturated carbocycles. The number of anilines is 1. The van der Waals surface area contributed by atoms with Gasteiger partial charge in [-0.15, -0.1) is 0 Å². The van der Waals surface area contributed by atoms with Gasteiger partial charge in [-0.1, -0.05) is 0 Å². The van der Waals surface area contributed by atoms with Crippen molar-refractivity contribution in [1.82, 2.24) is 0 Å². The maximum absolute atomic E-state index is 12.3. The van der Waals surface area contributed by atoms with Crippen molar-refractivity contribution >= 4 is 5.69 Å².